The number of rotatable bonds is 8. The van der Waals surface area contributed by atoms with E-state index in [0.29, 0.717) is 28.6 Å². The summed E-state index contributed by atoms with van der Waals surface area (Å²) in [7, 11) is 0. The maximum Gasteiger partial charge on any atom is 0.330 e. The van der Waals surface area contributed by atoms with Crippen LogP contribution in [0.3, 0.4) is 0 Å². The molecule has 29 heavy (non-hydrogen) atoms. The summed E-state index contributed by atoms with van der Waals surface area (Å²) in [6, 6.07) is 21.6. The van der Waals surface area contributed by atoms with Gasteiger partial charge in [-0.3, -0.25) is 0 Å². The summed E-state index contributed by atoms with van der Waals surface area (Å²) in [5.74, 6) is 1.41. The molecule has 4 N–H and O–H groups in total. The molecule has 3 aromatic rings. The van der Waals surface area contributed by atoms with Crippen molar-refractivity contribution < 1.29 is 19.0 Å². The minimum atomic E-state index is -0.414. The molecule has 3 aromatic carbocycles. The molecule has 0 aliphatic rings. The Morgan fingerprint density at radius 2 is 1.45 bits per heavy atom. The van der Waals surface area contributed by atoms with Gasteiger partial charge in [0, 0.05) is 29.6 Å². The Morgan fingerprint density at radius 3 is 2.14 bits per heavy atom. The summed E-state index contributed by atoms with van der Waals surface area (Å²) in [4.78, 5) is 11.7. The van der Waals surface area contributed by atoms with Crippen molar-refractivity contribution in [2.45, 2.75) is 0 Å². The van der Waals surface area contributed by atoms with Crippen molar-refractivity contribution in [2.24, 2.45) is 0 Å². The van der Waals surface area contributed by atoms with E-state index >= 15 is 0 Å². The highest BCUT2D eigenvalue weighted by molar-refractivity contribution is 5.87. The molecule has 0 heterocycles. The van der Waals surface area contributed by atoms with Crippen molar-refractivity contribution in [2.75, 3.05) is 24.7 Å². The van der Waals surface area contributed by atoms with Gasteiger partial charge in [-0.05, 0) is 42.0 Å². The number of nitrogen functional groups attached to an aromatic ring is 2. The number of nitrogens with two attached hydrogens (primary N) is 2. The quantitative estimate of drug-likeness (QED) is 0.258. The Kier molecular flexibility index (Phi) is 6.73. The second kappa shape index (κ2) is 9.85. The fourth-order valence-electron chi connectivity index (χ4n) is 2.52. The summed E-state index contributed by atoms with van der Waals surface area (Å²) < 4.78 is 16.4. The maximum atomic E-state index is 11.7. The SMILES string of the molecule is Nc1cc(N)cc(Oc2ccc(OCCOC(=O)/C=C\c3ccccc3)cc2)c1. The minimum absolute atomic E-state index is 0.152. The van der Waals surface area contributed by atoms with Gasteiger partial charge in [0.2, 0.25) is 0 Å². The molecule has 0 atom stereocenters. The molecule has 0 aromatic heterocycles. The molecule has 3 rings (SSSR count). The predicted octanol–water partition coefficient (Wildman–Crippen LogP) is 4.28. The molecular weight excluding hydrogens is 368 g/mol. The monoisotopic (exact) mass is 390 g/mol. The average molecular weight is 390 g/mol. The minimum Gasteiger partial charge on any atom is -0.490 e. The van der Waals surface area contributed by atoms with E-state index in [1.54, 1.807) is 48.5 Å². The van der Waals surface area contributed by atoms with Gasteiger partial charge in [0.05, 0.1) is 0 Å². The predicted molar refractivity (Wildman–Crippen MR) is 114 cm³/mol. The Hall–Kier alpha value is -3.93. The van der Waals surface area contributed by atoms with Crippen LogP contribution in [0.15, 0.2) is 78.9 Å². The van der Waals surface area contributed by atoms with E-state index in [0.717, 1.165) is 5.56 Å². The van der Waals surface area contributed by atoms with Gasteiger partial charge in [0.1, 0.15) is 30.5 Å². The zero-order chi connectivity index (χ0) is 20.5. The third-order valence-electron chi connectivity index (χ3n) is 3.82. The standard InChI is InChI=1S/C23H22N2O4/c24-18-14-19(25)16-22(15-18)29-21-9-7-20(8-10-21)27-12-13-28-23(26)11-6-17-4-2-1-3-5-17/h1-11,14-16H,12-13,24-25H2/b11-6-. The Balaban J connectivity index is 1.41. The fourth-order valence-corrected chi connectivity index (χ4v) is 2.52. The van der Waals surface area contributed by atoms with Crippen molar-refractivity contribution >= 4 is 23.4 Å². The lowest BCUT2D eigenvalue weighted by atomic mass is 10.2. The van der Waals surface area contributed by atoms with Gasteiger partial charge in [-0.15, -0.1) is 0 Å². The zero-order valence-electron chi connectivity index (χ0n) is 15.8. The van der Waals surface area contributed by atoms with Crippen LogP contribution in [-0.2, 0) is 9.53 Å². The topological polar surface area (TPSA) is 96.8 Å². The van der Waals surface area contributed by atoms with Crippen LogP contribution in [0.5, 0.6) is 17.2 Å². The first-order valence-corrected chi connectivity index (χ1v) is 9.05. The molecule has 6 nitrogen and oxygen atoms in total. The lowest BCUT2D eigenvalue weighted by Gasteiger charge is -2.09. The smallest absolute Gasteiger partial charge is 0.330 e. The first kappa shape index (κ1) is 19.8. The van der Waals surface area contributed by atoms with Crippen LogP contribution in [-0.4, -0.2) is 19.2 Å². The van der Waals surface area contributed by atoms with E-state index in [2.05, 4.69) is 0 Å². The second-order valence-corrected chi connectivity index (χ2v) is 6.17. The third kappa shape index (κ3) is 6.62. The second-order valence-electron chi connectivity index (χ2n) is 6.17. The third-order valence-corrected chi connectivity index (χ3v) is 3.82. The number of carbonyl (C=O) groups excluding carboxylic acids is 1. The first-order valence-electron chi connectivity index (χ1n) is 9.05. The fraction of sp³-hybridized carbons (Fsp3) is 0.0870. The molecule has 0 spiro atoms. The van der Waals surface area contributed by atoms with E-state index < -0.39 is 5.97 Å². The average Bonchev–Trinajstić information content (AvgIpc) is 2.71. The highest BCUT2D eigenvalue weighted by Gasteiger charge is 2.02. The van der Waals surface area contributed by atoms with Crippen LogP contribution in [0.25, 0.3) is 6.08 Å². The van der Waals surface area contributed by atoms with Crippen molar-refractivity contribution in [3.8, 4) is 17.2 Å². The molecule has 0 saturated carbocycles. The van der Waals surface area contributed by atoms with Crippen LogP contribution in [0.2, 0.25) is 0 Å². The number of benzene rings is 3. The molecule has 148 valence electrons. The highest BCUT2D eigenvalue weighted by atomic mass is 16.6. The molecule has 0 radical (unpaired) electrons. The molecule has 0 amide bonds. The lowest BCUT2D eigenvalue weighted by Crippen LogP contribution is -2.10. The summed E-state index contributed by atoms with van der Waals surface area (Å²) in [5.41, 5.74) is 13.5. The molecule has 0 unspecified atom stereocenters. The molecule has 0 bridgehead atoms. The Morgan fingerprint density at radius 1 is 0.793 bits per heavy atom. The van der Waals surface area contributed by atoms with Crippen LogP contribution < -0.4 is 20.9 Å². The van der Waals surface area contributed by atoms with Gasteiger partial charge in [-0.25, -0.2) is 4.79 Å². The number of ether oxygens (including phenoxy) is 3. The number of esters is 1. The number of anilines is 2. The first-order chi connectivity index (χ1) is 14.1. The van der Waals surface area contributed by atoms with Crippen molar-refractivity contribution in [3.63, 3.8) is 0 Å². The zero-order valence-corrected chi connectivity index (χ0v) is 15.8. The van der Waals surface area contributed by atoms with Gasteiger partial charge in [0.25, 0.3) is 0 Å². The lowest BCUT2D eigenvalue weighted by molar-refractivity contribution is -0.138. The van der Waals surface area contributed by atoms with Gasteiger partial charge in [-0.1, -0.05) is 30.3 Å². The molecule has 0 aliphatic carbocycles. The number of carbonyl (C=O) groups is 1. The van der Waals surface area contributed by atoms with Gasteiger partial charge < -0.3 is 25.7 Å². The molecule has 0 aliphatic heterocycles. The molecular formula is C23H22N2O4. The number of hydrogen-bond acceptors (Lipinski definition) is 6. The molecule has 0 saturated heterocycles. The Bertz CT molecular complexity index is 950. The normalized spacial score (nSPS) is 10.6. The number of hydrogen-bond donors (Lipinski definition) is 2. The summed E-state index contributed by atoms with van der Waals surface area (Å²) in [6.07, 6.45) is 3.10. The van der Waals surface area contributed by atoms with Crippen molar-refractivity contribution in [3.05, 3.63) is 84.4 Å². The van der Waals surface area contributed by atoms with E-state index in [9.17, 15) is 4.79 Å². The van der Waals surface area contributed by atoms with E-state index in [-0.39, 0.29) is 13.2 Å². The van der Waals surface area contributed by atoms with Gasteiger partial charge >= 0.3 is 5.97 Å². The van der Waals surface area contributed by atoms with Crippen LogP contribution in [0, 0.1) is 0 Å². The maximum absolute atomic E-state index is 11.7. The van der Waals surface area contributed by atoms with E-state index in [1.165, 1.54) is 6.08 Å². The summed E-state index contributed by atoms with van der Waals surface area (Å²) in [5, 5.41) is 0. The van der Waals surface area contributed by atoms with E-state index in [4.69, 9.17) is 25.7 Å². The summed E-state index contributed by atoms with van der Waals surface area (Å²) >= 11 is 0. The van der Waals surface area contributed by atoms with Gasteiger partial charge in [0.15, 0.2) is 0 Å². The summed E-state index contributed by atoms with van der Waals surface area (Å²) in [6.45, 7) is 0.398. The van der Waals surface area contributed by atoms with E-state index in [1.807, 2.05) is 30.3 Å². The van der Waals surface area contributed by atoms with Gasteiger partial charge in [-0.2, -0.15) is 0 Å². The van der Waals surface area contributed by atoms with Crippen LogP contribution in [0.4, 0.5) is 11.4 Å². The van der Waals surface area contributed by atoms with Crippen molar-refractivity contribution in [1.82, 2.24) is 0 Å². The van der Waals surface area contributed by atoms with Crippen molar-refractivity contribution in [1.29, 1.82) is 0 Å². The van der Waals surface area contributed by atoms with Crippen LogP contribution >= 0.6 is 0 Å². The highest BCUT2D eigenvalue weighted by Crippen LogP contribution is 2.27. The van der Waals surface area contributed by atoms with Crippen LogP contribution in [0.1, 0.15) is 5.56 Å². The molecule has 6 heteroatoms. The largest absolute Gasteiger partial charge is 0.490 e. The Labute approximate surface area is 169 Å². The molecule has 0 fully saturated rings.